The van der Waals surface area contributed by atoms with Gasteiger partial charge in [-0.1, -0.05) is 279 Å². The number of anilines is 6. The average Bonchev–Trinajstić information content (AvgIpc) is 1.69. The van der Waals surface area contributed by atoms with Crippen molar-refractivity contribution in [1.29, 1.82) is 0 Å². The molecular formula is C96H62N2OS. The molecule has 0 radical (unpaired) electrons. The van der Waals surface area contributed by atoms with E-state index in [4.69, 9.17) is 4.42 Å². The number of thiophene rings is 1. The number of fused-ring (bicyclic) bond motifs is 18. The van der Waals surface area contributed by atoms with Crippen LogP contribution < -0.4 is 9.80 Å². The topological polar surface area (TPSA) is 19.6 Å². The summed E-state index contributed by atoms with van der Waals surface area (Å²) >= 11 is 1.87. The SMILES string of the molecule is c1ccc(-c2ccc(N(c3ccc(-c4cccc5oc6ccccc6c45)cc3)c3ccc4c5ccccc5c5ccccc5c4c3)cc2)cc1.c1ccc(-c2ccc(N(c3ccc(-c4cccc5sc6ccccc6c45)cc3)c3ccc4c5ccccc5c5ccccc5c4c3)cc2)cc1. The van der Waals surface area contributed by atoms with Crippen LogP contribution in [-0.4, -0.2) is 0 Å². The van der Waals surface area contributed by atoms with Gasteiger partial charge < -0.3 is 14.2 Å². The fourth-order valence-electron chi connectivity index (χ4n) is 15.4. The van der Waals surface area contributed by atoms with E-state index < -0.39 is 0 Å². The highest BCUT2D eigenvalue weighted by atomic mass is 32.1. The van der Waals surface area contributed by atoms with Crippen molar-refractivity contribution in [2.45, 2.75) is 0 Å². The van der Waals surface area contributed by atoms with Crippen molar-refractivity contribution < 1.29 is 4.42 Å². The van der Waals surface area contributed by atoms with Crippen molar-refractivity contribution in [3.05, 3.63) is 376 Å². The highest BCUT2D eigenvalue weighted by molar-refractivity contribution is 7.26. The molecule has 0 amide bonds. The Morgan fingerprint density at radius 3 is 0.920 bits per heavy atom. The molecule has 18 aromatic carbocycles. The number of rotatable bonds is 10. The molecule has 0 spiro atoms. The Labute approximate surface area is 583 Å². The Kier molecular flexibility index (Phi) is 14.4. The van der Waals surface area contributed by atoms with Gasteiger partial charge in [-0.15, -0.1) is 11.3 Å². The van der Waals surface area contributed by atoms with Gasteiger partial charge in [0.05, 0.1) is 0 Å². The molecule has 468 valence electrons. The maximum atomic E-state index is 6.22. The van der Waals surface area contributed by atoms with Gasteiger partial charge in [0.2, 0.25) is 0 Å². The Balaban J connectivity index is 0.000000139. The first-order chi connectivity index (χ1) is 49.6. The van der Waals surface area contributed by atoms with Crippen LogP contribution in [0.1, 0.15) is 0 Å². The molecule has 0 aliphatic carbocycles. The van der Waals surface area contributed by atoms with Crippen LogP contribution in [-0.2, 0) is 0 Å². The highest BCUT2D eigenvalue weighted by Gasteiger charge is 2.21. The Morgan fingerprint density at radius 2 is 0.480 bits per heavy atom. The summed E-state index contributed by atoms with van der Waals surface area (Å²) in [6.07, 6.45) is 0. The predicted molar refractivity (Wildman–Crippen MR) is 429 cm³/mol. The van der Waals surface area contributed by atoms with Gasteiger partial charge in [-0.2, -0.15) is 0 Å². The van der Waals surface area contributed by atoms with Gasteiger partial charge in [0, 0.05) is 65.1 Å². The van der Waals surface area contributed by atoms with Gasteiger partial charge in [0.15, 0.2) is 0 Å². The molecule has 0 unspecified atom stereocenters. The van der Waals surface area contributed by atoms with Gasteiger partial charge in [-0.05, 0) is 206 Å². The first-order valence-electron chi connectivity index (χ1n) is 34.2. The molecule has 20 rings (SSSR count). The molecule has 0 aliphatic heterocycles. The lowest BCUT2D eigenvalue weighted by Crippen LogP contribution is -2.10. The summed E-state index contributed by atoms with van der Waals surface area (Å²) in [5.74, 6) is 0. The molecule has 2 aromatic heterocycles. The maximum Gasteiger partial charge on any atom is 0.136 e. The quantitative estimate of drug-likeness (QED) is 0.127. The molecular weight excluding hydrogens is 1230 g/mol. The van der Waals surface area contributed by atoms with E-state index in [9.17, 15) is 0 Å². The summed E-state index contributed by atoms with van der Waals surface area (Å²) in [7, 11) is 0. The van der Waals surface area contributed by atoms with Crippen molar-refractivity contribution in [2.24, 2.45) is 0 Å². The Morgan fingerprint density at radius 1 is 0.180 bits per heavy atom. The smallest absolute Gasteiger partial charge is 0.136 e. The molecule has 2 heterocycles. The van der Waals surface area contributed by atoms with Crippen LogP contribution in [0.2, 0.25) is 0 Å². The number of benzene rings is 18. The first kappa shape index (κ1) is 58.5. The van der Waals surface area contributed by atoms with Crippen molar-refractivity contribution in [3.63, 3.8) is 0 Å². The zero-order chi connectivity index (χ0) is 66.0. The third-order valence-corrected chi connectivity index (χ3v) is 21.3. The number of hydrogen-bond acceptors (Lipinski definition) is 4. The number of nitrogens with zero attached hydrogens (tertiary/aromatic N) is 2. The van der Waals surface area contributed by atoms with Gasteiger partial charge in [0.25, 0.3) is 0 Å². The van der Waals surface area contributed by atoms with E-state index >= 15 is 0 Å². The zero-order valence-corrected chi connectivity index (χ0v) is 55.3. The van der Waals surface area contributed by atoms with Crippen molar-refractivity contribution >= 4 is 152 Å². The molecule has 0 N–H and O–H groups in total. The lowest BCUT2D eigenvalue weighted by Gasteiger charge is -2.27. The fourth-order valence-corrected chi connectivity index (χ4v) is 16.6. The zero-order valence-electron chi connectivity index (χ0n) is 54.5. The minimum absolute atomic E-state index is 0.906. The summed E-state index contributed by atoms with van der Waals surface area (Å²) in [5, 5.41) is 20.2. The molecule has 0 saturated carbocycles. The van der Waals surface area contributed by atoms with Crippen molar-refractivity contribution in [2.75, 3.05) is 9.80 Å². The molecule has 0 saturated heterocycles. The monoisotopic (exact) mass is 1290 g/mol. The normalized spacial score (nSPS) is 11.6. The van der Waals surface area contributed by atoms with E-state index in [0.29, 0.717) is 0 Å². The van der Waals surface area contributed by atoms with Gasteiger partial charge in [-0.25, -0.2) is 0 Å². The molecule has 0 bridgehead atoms. The number of para-hydroxylation sites is 1. The summed E-state index contributed by atoms with van der Waals surface area (Å²) in [6, 6.07) is 136. The van der Waals surface area contributed by atoms with Crippen LogP contribution in [0.25, 0.3) is 151 Å². The summed E-state index contributed by atoms with van der Waals surface area (Å²) < 4.78 is 8.87. The predicted octanol–water partition coefficient (Wildman–Crippen LogP) is 28.2. The van der Waals surface area contributed by atoms with Crippen molar-refractivity contribution in [1.82, 2.24) is 0 Å². The first-order valence-corrected chi connectivity index (χ1v) is 35.0. The molecule has 20 aromatic rings. The van der Waals surface area contributed by atoms with E-state index in [-0.39, 0.29) is 0 Å². The second-order valence-corrected chi connectivity index (χ2v) is 26.9. The van der Waals surface area contributed by atoms with Gasteiger partial charge >= 0.3 is 0 Å². The molecule has 100 heavy (non-hydrogen) atoms. The van der Waals surface area contributed by atoms with Crippen LogP contribution >= 0.6 is 11.3 Å². The van der Waals surface area contributed by atoms with E-state index in [1.165, 1.54) is 124 Å². The minimum atomic E-state index is 0.906. The largest absolute Gasteiger partial charge is 0.456 e. The average molecular weight is 1290 g/mol. The van der Waals surface area contributed by atoms with E-state index in [2.05, 4.69) is 374 Å². The highest BCUT2D eigenvalue weighted by Crippen LogP contribution is 2.47. The van der Waals surface area contributed by atoms with Crippen molar-refractivity contribution in [3.8, 4) is 44.5 Å². The van der Waals surface area contributed by atoms with Crippen LogP contribution in [0.3, 0.4) is 0 Å². The van der Waals surface area contributed by atoms with E-state index in [0.717, 1.165) is 61.6 Å². The van der Waals surface area contributed by atoms with Gasteiger partial charge in [-0.3, -0.25) is 0 Å². The molecule has 4 heteroatoms. The summed E-state index contributed by atoms with van der Waals surface area (Å²) in [5.41, 5.74) is 18.1. The Hall–Kier alpha value is -12.9. The molecule has 0 atom stereocenters. The summed E-state index contributed by atoms with van der Waals surface area (Å²) in [6.45, 7) is 0. The van der Waals surface area contributed by atoms with Crippen LogP contribution in [0, 0.1) is 0 Å². The number of hydrogen-bond donors (Lipinski definition) is 0. The third-order valence-electron chi connectivity index (χ3n) is 20.1. The number of furan rings is 1. The van der Waals surface area contributed by atoms with Gasteiger partial charge in [0.1, 0.15) is 11.2 Å². The third kappa shape index (κ3) is 10.2. The minimum Gasteiger partial charge on any atom is -0.456 e. The Bertz CT molecular complexity index is 6030. The second kappa shape index (κ2) is 24.7. The summed E-state index contributed by atoms with van der Waals surface area (Å²) in [4.78, 5) is 4.76. The molecule has 0 aliphatic rings. The van der Waals surface area contributed by atoms with Crippen LogP contribution in [0.15, 0.2) is 381 Å². The van der Waals surface area contributed by atoms with Crippen LogP contribution in [0.4, 0.5) is 34.1 Å². The standard InChI is InChI=1S/C48H31NO.C48H31NS/c2*1-2-11-32(12-3-1)33-21-25-35(26-22-33)49(37-29-30-43-41-15-5-4-13-39(41)40-14-6-7-16-42(40)45(43)31-37)36-27-23-34(24-28-36)38-18-10-20-47-48(38)44-17-8-9-19-46(44)50-47/h2*1-31H. The lowest BCUT2D eigenvalue weighted by molar-refractivity contribution is 0.669. The lowest BCUT2D eigenvalue weighted by atomic mass is 9.94. The van der Waals surface area contributed by atoms with Crippen LogP contribution in [0.5, 0.6) is 0 Å². The second-order valence-electron chi connectivity index (χ2n) is 25.8. The van der Waals surface area contributed by atoms with E-state index in [1.807, 2.05) is 23.5 Å². The molecule has 0 fully saturated rings. The maximum absolute atomic E-state index is 6.22. The fraction of sp³-hybridized carbons (Fsp3) is 0. The van der Waals surface area contributed by atoms with E-state index in [1.54, 1.807) is 0 Å². The molecule has 3 nitrogen and oxygen atoms in total.